The lowest BCUT2D eigenvalue weighted by Gasteiger charge is -2.07. The Morgan fingerprint density at radius 3 is 2.96 bits per heavy atom. The first-order valence-corrected chi connectivity index (χ1v) is 11.5. The number of para-hydroxylation sites is 1. The first-order valence-electron chi connectivity index (χ1n) is 8.73. The average Bonchev–Trinajstić information content (AvgIpc) is 3.29. The lowest BCUT2D eigenvalue weighted by Crippen LogP contribution is -2.26. The number of thioether (sulfide) groups is 2. The van der Waals surface area contributed by atoms with E-state index in [0.29, 0.717) is 30.4 Å². The molecule has 28 heavy (non-hydrogen) atoms. The number of carbonyl (C=O) groups excluding carboxylic acids is 1. The van der Waals surface area contributed by atoms with Gasteiger partial charge in [0.1, 0.15) is 5.82 Å². The van der Waals surface area contributed by atoms with E-state index in [9.17, 15) is 4.79 Å². The number of nitrogens with zero attached hydrogens (tertiary/aromatic N) is 4. The minimum absolute atomic E-state index is 0.0662. The van der Waals surface area contributed by atoms with Gasteiger partial charge in [-0.2, -0.15) is 0 Å². The van der Waals surface area contributed by atoms with Crippen LogP contribution in [0.25, 0.3) is 10.2 Å². The zero-order valence-corrected chi connectivity index (χ0v) is 17.7. The van der Waals surface area contributed by atoms with Gasteiger partial charge in [0.2, 0.25) is 5.91 Å². The molecule has 2 N–H and O–H groups in total. The van der Waals surface area contributed by atoms with E-state index in [4.69, 9.17) is 5.11 Å². The average molecular weight is 436 g/mol. The summed E-state index contributed by atoms with van der Waals surface area (Å²) in [6.07, 6.45) is 2.34. The van der Waals surface area contributed by atoms with E-state index in [0.717, 1.165) is 15.7 Å². The summed E-state index contributed by atoms with van der Waals surface area (Å²) in [7, 11) is 0. The van der Waals surface area contributed by atoms with Gasteiger partial charge >= 0.3 is 0 Å². The molecule has 0 aliphatic rings. The number of carbonyl (C=O) groups is 1. The molecule has 0 bridgehead atoms. The van der Waals surface area contributed by atoms with Crippen molar-refractivity contribution < 1.29 is 9.90 Å². The standard InChI is InChI=1S/C18H21N5O2S3/c1-2-9-23-15(11-27-18-20-13-6-3-4-7-14(13)28-18)21-22-17(23)26-12-16(25)19-8-5-10-24/h2-4,6-7,24H,1,5,8-12H2,(H,19,25). The van der Waals surface area contributed by atoms with Crippen LogP contribution in [0.3, 0.4) is 0 Å². The molecule has 0 atom stereocenters. The number of hydrogen-bond acceptors (Lipinski definition) is 8. The molecule has 3 rings (SSSR count). The highest BCUT2D eigenvalue weighted by Gasteiger charge is 2.14. The number of allylic oxidation sites excluding steroid dienone is 1. The predicted octanol–water partition coefficient (Wildman–Crippen LogP) is 2.96. The van der Waals surface area contributed by atoms with Crippen LogP contribution in [0.4, 0.5) is 0 Å². The molecule has 0 saturated heterocycles. The third-order valence-electron chi connectivity index (χ3n) is 3.69. The zero-order chi connectivity index (χ0) is 19.8. The van der Waals surface area contributed by atoms with E-state index in [-0.39, 0.29) is 18.3 Å². The highest BCUT2D eigenvalue weighted by molar-refractivity contribution is 8.00. The molecule has 0 saturated carbocycles. The molecular weight excluding hydrogens is 414 g/mol. The Bertz CT molecular complexity index is 907. The molecule has 2 aromatic heterocycles. The van der Waals surface area contributed by atoms with Gasteiger partial charge in [-0.1, -0.05) is 41.7 Å². The van der Waals surface area contributed by atoms with E-state index >= 15 is 0 Å². The molecule has 10 heteroatoms. The molecule has 0 aliphatic heterocycles. The predicted molar refractivity (Wildman–Crippen MR) is 115 cm³/mol. The van der Waals surface area contributed by atoms with Gasteiger partial charge in [-0.15, -0.1) is 28.1 Å². The van der Waals surface area contributed by atoms with Crippen molar-refractivity contribution in [3.05, 3.63) is 42.7 Å². The van der Waals surface area contributed by atoms with Crippen LogP contribution in [-0.2, 0) is 17.1 Å². The van der Waals surface area contributed by atoms with Crippen molar-refractivity contribution >= 4 is 51.0 Å². The lowest BCUT2D eigenvalue weighted by molar-refractivity contribution is -0.118. The highest BCUT2D eigenvalue weighted by Crippen LogP contribution is 2.31. The maximum absolute atomic E-state index is 11.9. The SMILES string of the molecule is C=CCn1c(CSc2nc3ccccc3s2)nnc1SCC(=O)NCCCO. The topological polar surface area (TPSA) is 92.9 Å². The minimum atomic E-state index is -0.0861. The minimum Gasteiger partial charge on any atom is -0.396 e. The van der Waals surface area contributed by atoms with Crippen LogP contribution in [-0.4, -0.2) is 49.7 Å². The van der Waals surface area contributed by atoms with Crippen molar-refractivity contribution in [1.29, 1.82) is 0 Å². The van der Waals surface area contributed by atoms with Gasteiger partial charge in [0, 0.05) is 19.7 Å². The molecule has 0 radical (unpaired) electrons. The molecule has 1 amide bonds. The number of aliphatic hydroxyl groups excluding tert-OH is 1. The fourth-order valence-electron chi connectivity index (χ4n) is 2.37. The number of rotatable bonds is 11. The van der Waals surface area contributed by atoms with Crippen molar-refractivity contribution in [2.75, 3.05) is 18.9 Å². The van der Waals surface area contributed by atoms with E-state index in [1.807, 2.05) is 22.8 Å². The third-order valence-corrected chi connectivity index (χ3v) is 6.84. The van der Waals surface area contributed by atoms with Gasteiger partial charge in [-0.3, -0.25) is 4.79 Å². The summed E-state index contributed by atoms with van der Waals surface area (Å²) in [5, 5.41) is 20.7. The Kier molecular flexibility index (Phi) is 7.90. The van der Waals surface area contributed by atoms with Crippen LogP contribution >= 0.6 is 34.9 Å². The van der Waals surface area contributed by atoms with Gasteiger partial charge in [-0.05, 0) is 18.6 Å². The van der Waals surface area contributed by atoms with E-state index in [2.05, 4.69) is 33.1 Å². The van der Waals surface area contributed by atoms with E-state index in [1.165, 1.54) is 16.5 Å². The van der Waals surface area contributed by atoms with Crippen molar-refractivity contribution in [1.82, 2.24) is 25.1 Å². The Balaban J connectivity index is 1.61. The number of hydrogen-bond donors (Lipinski definition) is 2. The van der Waals surface area contributed by atoms with Crippen LogP contribution in [0.5, 0.6) is 0 Å². The van der Waals surface area contributed by atoms with Crippen LogP contribution in [0, 0.1) is 0 Å². The first kappa shape index (κ1) is 20.8. The van der Waals surface area contributed by atoms with Gasteiger partial charge < -0.3 is 15.0 Å². The van der Waals surface area contributed by atoms with Crippen LogP contribution < -0.4 is 5.32 Å². The smallest absolute Gasteiger partial charge is 0.230 e. The first-order chi connectivity index (χ1) is 13.7. The number of benzene rings is 1. The summed E-state index contributed by atoms with van der Waals surface area (Å²) in [6.45, 7) is 4.92. The van der Waals surface area contributed by atoms with Gasteiger partial charge in [0.05, 0.1) is 21.7 Å². The Morgan fingerprint density at radius 1 is 1.32 bits per heavy atom. The van der Waals surface area contributed by atoms with Crippen LogP contribution in [0.1, 0.15) is 12.2 Å². The second-order valence-corrected chi connectivity index (χ2v) is 8.95. The van der Waals surface area contributed by atoms with Crippen molar-refractivity contribution in [2.24, 2.45) is 0 Å². The molecule has 1 aromatic carbocycles. The molecule has 0 spiro atoms. The monoisotopic (exact) mass is 435 g/mol. The Labute approximate surface area is 175 Å². The lowest BCUT2D eigenvalue weighted by atomic mass is 10.3. The molecule has 0 fully saturated rings. The molecule has 2 heterocycles. The fraction of sp³-hybridized carbons (Fsp3) is 0.333. The number of thiazole rings is 1. The molecule has 0 aliphatic carbocycles. The summed E-state index contributed by atoms with van der Waals surface area (Å²) in [5.74, 6) is 1.64. The molecule has 148 valence electrons. The summed E-state index contributed by atoms with van der Waals surface area (Å²) >= 11 is 4.64. The zero-order valence-electron chi connectivity index (χ0n) is 15.2. The summed E-state index contributed by atoms with van der Waals surface area (Å²) in [6, 6.07) is 8.08. The number of fused-ring (bicyclic) bond motifs is 1. The maximum atomic E-state index is 11.9. The molecule has 7 nitrogen and oxygen atoms in total. The normalized spacial score (nSPS) is 11.0. The number of aliphatic hydroxyl groups is 1. The fourth-order valence-corrected chi connectivity index (χ4v) is 5.18. The molecular formula is C18H21N5O2S3. The maximum Gasteiger partial charge on any atom is 0.230 e. The van der Waals surface area contributed by atoms with Gasteiger partial charge in [-0.25, -0.2) is 4.98 Å². The number of amides is 1. The van der Waals surface area contributed by atoms with E-state index in [1.54, 1.807) is 29.2 Å². The van der Waals surface area contributed by atoms with Gasteiger partial charge in [0.15, 0.2) is 9.50 Å². The Hall–Kier alpha value is -1.88. The summed E-state index contributed by atoms with van der Waals surface area (Å²) < 4.78 is 4.13. The Morgan fingerprint density at radius 2 is 2.18 bits per heavy atom. The summed E-state index contributed by atoms with van der Waals surface area (Å²) in [5.41, 5.74) is 1.01. The van der Waals surface area contributed by atoms with Crippen molar-refractivity contribution in [3.63, 3.8) is 0 Å². The number of aromatic nitrogens is 4. The second-order valence-electron chi connectivity index (χ2n) is 5.75. The summed E-state index contributed by atoms with van der Waals surface area (Å²) in [4.78, 5) is 16.5. The van der Waals surface area contributed by atoms with Crippen LogP contribution in [0.15, 0.2) is 46.4 Å². The van der Waals surface area contributed by atoms with Crippen LogP contribution in [0.2, 0.25) is 0 Å². The quantitative estimate of drug-likeness (QED) is 0.272. The largest absolute Gasteiger partial charge is 0.396 e. The van der Waals surface area contributed by atoms with Crippen molar-refractivity contribution in [3.8, 4) is 0 Å². The van der Waals surface area contributed by atoms with Gasteiger partial charge in [0.25, 0.3) is 0 Å². The van der Waals surface area contributed by atoms with Crippen molar-refractivity contribution in [2.45, 2.75) is 28.2 Å². The highest BCUT2D eigenvalue weighted by atomic mass is 32.2. The third kappa shape index (κ3) is 5.57. The van der Waals surface area contributed by atoms with E-state index < -0.39 is 0 Å². The number of nitrogens with one attached hydrogen (secondary N) is 1. The second kappa shape index (κ2) is 10.6. The molecule has 0 unspecified atom stereocenters. The molecule has 3 aromatic rings.